The molecule has 0 radical (unpaired) electrons. The Balaban J connectivity index is 1.60. The lowest BCUT2D eigenvalue weighted by atomic mass is 9.72. The van der Waals surface area contributed by atoms with Crippen LogP contribution in [-0.4, -0.2) is 29.8 Å². The van der Waals surface area contributed by atoms with Gasteiger partial charge in [0.1, 0.15) is 10.7 Å². The predicted molar refractivity (Wildman–Crippen MR) is 139 cm³/mol. The second-order valence-electron chi connectivity index (χ2n) is 11.0. The number of amides is 2. The Kier molecular flexibility index (Phi) is 6.90. The van der Waals surface area contributed by atoms with Crippen LogP contribution in [0.5, 0.6) is 0 Å². The van der Waals surface area contributed by atoms with Crippen LogP contribution in [0, 0.1) is 27.4 Å². The fourth-order valence-corrected chi connectivity index (χ4v) is 6.50. The van der Waals surface area contributed by atoms with E-state index < -0.39 is 16.7 Å². The first-order valence-electron chi connectivity index (χ1n) is 12.2. The number of fused-ring (bicyclic) bond motifs is 1. The summed E-state index contributed by atoms with van der Waals surface area (Å²) in [6.45, 7) is 10.3. The first kappa shape index (κ1) is 25.2. The summed E-state index contributed by atoms with van der Waals surface area (Å²) in [6, 6.07) is 4.60. The number of hydrogen-bond acceptors (Lipinski definition) is 6. The summed E-state index contributed by atoms with van der Waals surface area (Å²) in [7, 11) is 0. The van der Waals surface area contributed by atoms with Gasteiger partial charge in [0, 0.05) is 29.6 Å². The molecule has 0 saturated carbocycles. The van der Waals surface area contributed by atoms with Crippen LogP contribution < -0.4 is 16.0 Å². The molecule has 1 fully saturated rings. The zero-order valence-electron chi connectivity index (χ0n) is 20.8. The molecule has 188 valence electrons. The van der Waals surface area contributed by atoms with Crippen molar-refractivity contribution in [2.24, 2.45) is 23.0 Å². The molecule has 0 bridgehead atoms. The Morgan fingerprint density at radius 1 is 1.20 bits per heavy atom. The minimum Gasteiger partial charge on any atom is -0.366 e. The van der Waals surface area contributed by atoms with Crippen molar-refractivity contribution in [2.75, 3.05) is 23.3 Å². The number of rotatable bonds is 5. The van der Waals surface area contributed by atoms with Crippen molar-refractivity contribution < 1.29 is 14.5 Å². The van der Waals surface area contributed by atoms with Gasteiger partial charge in [-0.1, -0.05) is 27.7 Å². The van der Waals surface area contributed by atoms with Crippen molar-refractivity contribution in [1.29, 1.82) is 0 Å². The van der Waals surface area contributed by atoms with E-state index in [0.29, 0.717) is 28.1 Å². The second kappa shape index (κ2) is 9.60. The van der Waals surface area contributed by atoms with E-state index in [4.69, 9.17) is 5.73 Å². The standard InChI is InChI=1S/C26H34N4O4S/c1-15-9-11-29(12-10-15)19-8-5-16(13-20(19)30(33)34)24(32)28-25-22(23(27)31)18-7-6-17(26(2,3)4)14-21(18)35-25/h5,8,13,15,17H,6-7,9-12,14H2,1-4H3,(H2,27,31)(H,28,32). The third kappa shape index (κ3) is 5.19. The smallest absolute Gasteiger partial charge is 0.293 e. The van der Waals surface area contributed by atoms with Crippen molar-refractivity contribution in [3.8, 4) is 0 Å². The van der Waals surface area contributed by atoms with Crippen molar-refractivity contribution >= 4 is 39.5 Å². The Hall–Kier alpha value is -2.94. The van der Waals surface area contributed by atoms with Crippen LogP contribution in [0.15, 0.2) is 18.2 Å². The average Bonchev–Trinajstić information content (AvgIpc) is 3.15. The molecule has 2 amide bonds. The summed E-state index contributed by atoms with van der Waals surface area (Å²) in [5, 5.41) is 15.1. The van der Waals surface area contributed by atoms with Crippen LogP contribution in [-0.2, 0) is 12.8 Å². The van der Waals surface area contributed by atoms with E-state index in [2.05, 4.69) is 33.0 Å². The summed E-state index contributed by atoms with van der Waals surface area (Å²) < 4.78 is 0. The van der Waals surface area contributed by atoms with Crippen molar-refractivity contribution in [1.82, 2.24) is 0 Å². The zero-order valence-corrected chi connectivity index (χ0v) is 21.7. The number of carbonyl (C=O) groups excluding carboxylic acids is 2. The van der Waals surface area contributed by atoms with Crippen LogP contribution >= 0.6 is 11.3 Å². The number of nitro groups is 1. The normalized spacial score (nSPS) is 18.7. The number of thiophene rings is 1. The molecule has 1 atom stereocenters. The van der Waals surface area contributed by atoms with Gasteiger partial charge in [0.2, 0.25) is 0 Å². The molecule has 35 heavy (non-hydrogen) atoms. The minimum atomic E-state index is -0.562. The summed E-state index contributed by atoms with van der Waals surface area (Å²) in [4.78, 5) is 40.0. The molecule has 1 aromatic carbocycles. The van der Waals surface area contributed by atoms with Crippen LogP contribution in [0.1, 0.15) is 78.1 Å². The summed E-state index contributed by atoms with van der Waals surface area (Å²) in [5.74, 6) is 0.0315. The highest BCUT2D eigenvalue weighted by Crippen LogP contribution is 2.44. The number of nitrogens with zero attached hydrogens (tertiary/aromatic N) is 2. The molecule has 4 rings (SSSR count). The predicted octanol–water partition coefficient (Wildman–Crippen LogP) is 5.39. The van der Waals surface area contributed by atoms with Gasteiger partial charge in [-0.2, -0.15) is 0 Å². The summed E-state index contributed by atoms with van der Waals surface area (Å²) in [6.07, 6.45) is 4.51. The lowest BCUT2D eigenvalue weighted by molar-refractivity contribution is -0.384. The zero-order chi connectivity index (χ0) is 25.5. The molecule has 1 aliphatic heterocycles. The molecule has 9 heteroatoms. The van der Waals surface area contributed by atoms with Gasteiger partial charge < -0.3 is 16.0 Å². The number of piperidine rings is 1. The molecule has 3 N–H and O–H groups in total. The number of anilines is 2. The van der Waals surface area contributed by atoms with Gasteiger partial charge in [-0.25, -0.2) is 0 Å². The molecule has 2 heterocycles. The fourth-order valence-electron chi connectivity index (χ4n) is 5.18. The Bertz CT molecular complexity index is 1160. The molecule has 2 aliphatic rings. The maximum atomic E-state index is 13.1. The second-order valence-corrected chi connectivity index (χ2v) is 12.1. The molecule has 1 aliphatic carbocycles. The quantitative estimate of drug-likeness (QED) is 0.423. The van der Waals surface area contributed by atoms with E-state index in [-0.39, 0.29) is 16.7 Å². The number of nitro benzene ring substituents is 1. The molecule has 1 aromatic heterocycles. The molecule has 2 aromatic rings. The maximum Gasteiger partial charge on any atom is 0.293 e. The van der Waals surface area contributed by atoms with Gasteiger partial charge in [0.15, 0.2) is 0 Å². The van der Waals surface area contributed by atoms with Crippen LogP contribution in [0.25, 0.3) is 0 Å². The minimum absolute atomic E-state index is 0.0826. The molecule has 0 spiro atoms. The Morgan fingerprint density at radius 2 is 1.89 bits per heavy atom. The first-order valence-corrected chi connectivity index (χ1v) is 13.1. The highest BCUT2D eigenvalue weighted by atomic mass is 32.1. The average molecular weight is 499 g/mol. The highest BCUT2D eigenvalue weighted by Gasteiger charge is 2.34. The number of primary amides is 1. The van der Waals surface area contributed by atoms with Crippen LogP contribution in [0.2, 0.25) is 0 Å². The van der Waals surface area contributed by atoms with E-state index in [9.17, 15) is 19.7 Å². The van der Waals surface area contributed by atoms with E-state index in [0.717, 1.165) is 55.6 Å². The highest BCUT2D eigenvalue weighted by molar-refractivity contribution is 7.17. The van der Waals surface area contributed by atoms with Gasteiger partial charge in [0.05, 0.1) is 10.5 Å². The third-order valence-corrected chi connectivity index (χ3v) is 8.69. The largest absolute Gasteiger partial charge is 0.366 e. The van der Waals surface area contributed by atoms with Crippen molar-refractivity contribution in [3.05, 3.63) is 49.9 Å². The van der Waals surface area contributed by atoms with Crippen molar-refractivity contribution in [2.45, 2.75) is 59.8 Å². The molecule has 1 saturated heterocycles. The van der Waals surface area contributed by atoms with Gasteiger partial charge in [-0.15, -0.1) is 11.3 Å². The third-order valence-electron chi connectivity index (χ3n) is 7.52. The first-order chi connectivity index (χ1) is 16.5. The fraction of sp³-hybridized carbons (Fsp3) is 0.538. The lowest BCUT2D eigenvalue weighted by Crippen LogP contribution is -2.33. The molecule has 8 nitrogen and oxygen atoms in total. The maximum absolute atomic E-state index is 13.1. The molecule has 1 unspecified atom stereocenters. The number of nitrogens with two attached hydrogens (primary N) is 1. The van der Waals surface area contributed by atoms with E-state index in [1.165, 1.54) is 17.4 Å². The number of benzene rings is 1. The van der Waals surface area contributed by atoms with Crippen molar-refractivity contribution in [3.63, 3.8) is 0 Å². The van der Waals surface area contributed by atoms with E-state index in [1.54, 1.807) is 12.1 Å². The Morgan fingerprint density at radius 3 is 2.49 bits per heavy atom. The van der Waals surface area contributed by atoms with E-state index >= 15 is 0 Å². The monoisotopic (exact) mass is 498 g/mol. The van der Waals surface area contributed by atoms with Gasteiger partial charge >= 0.3 is 0 Å². The number of hydrogen-bond donors (Lipinski definition) is 2. The number of nitrogens with one attached hydrogen (secondary N) is 1. The summed E-state index contributed by atoms with van der Waals surface area (Å²) in [5.41, 5.74) is 7.80. The Labute approximate surface area is 210 Å². The van der Waals surface area contributed by atoms with E-state index in [1.807, 2.05) is 4.90 Å². The topological polar surface area (TPSA) is 119 Å². The van der Waals surface area contributed by atoms with Gasteiger partial charge in [0.25, 0.3) is 17.5 Å². The van der Waals surface area contributed by atoms with Gasteiger partial charge in [-0.3, -0.25) is 19.7 Å². The molecular weight excluding hydrogens is 464 g/mol. The SMILES string of the molecule is CC1CCN(c2ccc(C(=O)Nc3sc4c(c3C(N)=O)CCC(C(C)(C)C)C4)cc2[N+](=O)[O-])CC1. The lowest BCUT2D eigenvalue weighted by Gasteiger charge is -2.33. The van der Waals surface area contributed by atoms with Crippen LogP contribution in [0.4, 0.5) is 16.4 Å². The van der Waals surface area contributed by atoms with Crippen LogP contribution in [0.3, 0.4) is 0 Å². The number of carbonyl (C=O) groups is 2. The molecular formula is C26H34N4O4S. The van der Waals surface area contributed by atoms with Gasteiger partial charge in [-0.05, 0) is 67.1 Å². The summed E-state index contributed by atoms with van der Waals surface area (Å²) >= 11 is 1.39.